The summed E-state index contributed by atoms with van der Waals surface area (Å²) in [5.74, 6) is -0.379. The smallest absolute Gasteiger partial charge is 0.416 e. The first-order valence-electron chi connectivity index (χ1n) is 11.0. The predicted octanol–water partition coefficient (Wildman–Crippen LogP) is 4.16. The van der Waals surface area contributed by atoms with E-state index in [1.807, 2.05) is 0 Å². The highest BCUT2D eigenvalue weighted by atomic mass is 19.4. The molecule has 1 saturated heterocycles. The van der Waals surface area contributed by atoms with Gasteiger partial charge in [-0.2, -0.15) is 13.2 Å². The Labute approximate surface area is 210 Å². The van der Waals surface area contributed by atoms with Gasteiger partial charge in [0, 0.05) is 5.69 Å². The molecule has 37 heavy (non-hydrogen) atoms. The number of alkyl halides is 3. The summed E-state index contributed by atoms with van der Waals surface area (Å²) in [5.41, 5.74) is -1.56. The van der Waals surface area contributed by atoms with Crippen molar-refractivity contribution in [2.75, 3.05) is 26.1 Å². The summed E-state index contributed by atoms with van der Waals surface area (Å²) in [6, 6.07) is 16.1. The van der Waals surface area contributed by atoms with E-state index in [1.165, 1.54) is 14.2 Å². The number of rotatable bonds is 7. The largest absolute Gasteiger partial charge is 0.497 e. The summed E-state index contributed by atoms with van der Waals surface area (Å²) in [7, 11) is 2.99. The third kappa shape index (κ3) is 4.92. The van der Waals surface area contributed by atoms with Gasteiger partial charge >= 0.3 is 12.2 Å². The third-order valence-corrected chi connectivity index (χ3v) is 5.95. The number of carbonyl (C=O) groups is 3. The van der Waals surface area contributed by atoms with Crippen LogP contribution in [0.5, 0.6) is 11.5 Å². The average molecular weight is 513 g/mol. The van der Waals surface area contributed by atoms with E-state index in [-0.39, 0.29) is 5.69 Å². The summed E-state index contributed by atoms with van der Waals surface area (Å²) in [6.45, 7) is -0.653. The summed E-state index contributed by atoms with van der Waals surface area (Å²) in [5, 5.41) is 5.13. The molecule has 0 bridgehead atoms. The highest BCUT2D eigenvalue weighted by molar-refractivity contribution is 6.12. The number of imide groups is 1. The molecule has 11 heteroatoms. The molecule has 0 saturated carbocycles. The van der Waals surface area contributed by atoms with E-state index in [4.69, 9.17) is 9.47 Å². The number of hydrogen-bond donors (Lipinski definition) is 2. The zero-order chi connectivity index (χ0) is 26.8. The Balaban J connectivity index is 1.62. The number of nitrogens with one attached hydrogen (secondary N) is 2. The number of benzene rings is 3. The van der Waals surface area contributed by atoms with Crippen LogP contribution in [0.15, 0.2) is 72.8 Å². The van der Waals surface area contributed by atoms with Crippen LogP contribution in [0.1, 0.15) is 16.7 Å². The van der Waals surface area contributed by atoms with Gasteiger partial charge in [-0.3, -0.25) is 14.5 Å². The maximum atomic E-state index is 13.8. The van der Waals surface area contributed by atoms with Crippen molar-refractivity contribution < 1.29 is 37.0 Å². The number of ether oxygens (including phenoxy) is 2. The lowest BCUT2D eigenvalue weighted by Crippen LogP contribution is -2.45. The van der Waals surface area contributed by atoms with Crippen LogP contribution in [-0.4, -0.2) is 43.5 Å². The average Bonchev–Trinajstić information content (AvgIpc) is 3.14. The number of carbonyl (C=O) groups excluding carboxylic acids is 3. The van der Waals surface area contributed by atoms with Crippen LogP contribution in [-0.2, 0) is 21.3 Å². The molecule has 0 radical (unpaired) electrons. The Morgan fingerprint density at radius 3 is 1.78 bits per heavy atom. The monoisotopic (exact) mass is 513 g/mol. The van der Waals surface area contributed by atoms with Gasteiger partial charge in [0.25, 0.3) is 5.91 Å². The normalized spacial score (nSPS) is 14.8. The summed E-state index contributed by atoms with van der Waals surface area (Å²) in [4.78, 5) is 40.2. The predicted molar refractivity (Wildman–Crippen MR) is 127 cm³/mol. The van der Waals surface area contributed by atoms with E-state index in [0.717, 1.165) is 29.2 Å². The fraction of sp³-hybridized carbons (Fsp3) is 0.192. The molecule has 4 amide bonds. The van der Waals surface area contributed by atoms with E-state index >= 15 is 0 Å². The van der Waals surface area contributed by atoms with Crippen LogP contribution in [0.3, 0.4) is 0 Å². The number of nitrogens with zero attached hydrogens (tertiary/aromatic N) is 1. The lowest BCUT2D eigenvalue weighted by molar-refractivity contribution is -0.137. The molecule has 192 valence electrons. The molecule has 4 rings (SSSR count). The Hall–Kier alpha value is -4.54. The molecule has 8 nitrogen and oxygen atoms in total. The van der Waals surface area contributed by atoms with Crippen molar-refractivity contribution in [2.24, 2.45) is 0 Å². The Kier molecular flexibility index (Phi) is 6.80. The number of anilines is 1. The fourth-order valence-corrected chi connectivity index (χ4v) is 4.05. The molecule has 0 unspecified atom stereocenters. The van der Waals surface area contributed by atoms with Crippen molar-refractivity contribution in [3.63, 3.8) is 0 Å². The highest BCUT2D eigenvalue weighted by Crippen LogP contribution is 2.37. The van der Waals surface area contributed by atoms with Crippen molar-refractivity contribution in [2.45, 2.75) is 11.7 Å². The van der Waals surface area contributed by atoms with Gasteiger partial charge in [-0.25, -0.2) is 4.79 Å². The van der Waals surface area contributed by atoms with Crippen molar-refractivity contribution in [3.05, 3.63) is 89.5 Å². The number of hydrogen-bond acceptors (Lipinski definition) is 5. The molecule has 1 aliphatic rings. The van der Waals surface area contributed by atoms with Gasteiger partial charge in [0.05, 0.1) is 19.8 Å². The lowest BCUT2D eigenvalue weighted by Gasteiger charge is -2.28. The van der Waals surface area contributed by atoms with Crippen LogP contribution >= 0.6 is 0 Å². The Morgan fingerprint density at radius 1 is 0.865 bits per heavy atom. The minimum atomic E-state index is -4.52. The van der Waals surface area contributed by atoms with E-state index in [9.17, 15) is 27.6 Å². The molecular formula is C26H22F3N3O5. The Bertz CT molecular complexity index is 1260. The van der Waals surface area contributed by atoms with E-state index < -0.39 is 41.7 Å². The van der Waals surface area contributed by atoms with E-state index in [2.05, 4.69) is 10.6 Å². The SMILES string of the molecule is COc1ccc(C2(c3ccc(OC)cc3)NC(=O)N(CC(=O)Nc3ccc(C(F)(F)F)cc3)C2=O)cc1. The molecule has 0 spiro atoms. The molecule has 0 aliphatic carbocycles. The van der Waals surface area contributed by atoms with Gasteiger partial charge in [-0.05, 0) is 59.7 Å². The standard InChI is InChI=1S/C26H22F3N3O5/c1-36-20-11-5-16(6-12-20)25(17-7-13-21(37-2)14-8-17)23(34)32(24(35)31-25)15-22(33)30-19-9-3-18(4-10-19)26(27,28)29/h3-14H,15H2,1-2H3,(H,30,33)(H,31,35). The van der Waals surface area contributed by atoms with Crippen LogP contribution in [0.25, 0.3) is 0 Å². The van der Waals surface area contributed by atoms with Gasteiger partial charge in [0.1, 0.15) is 18.0 Å². The van der Waals surface area contributed by atoms with Crippen molar-refractivity contribution in [1.29, 1.82) is 0 Å². The molecule has 0 atom stereocenters. The molecule has 1 fully saturated rings. The van der Waals surface area contributed by atoms with Gasteiger partial charge in [-0.1, -0.05) is 24.3 Å². The zero-order valence-electron chi connectivity index (χ0n) is 19.8. The topological polar surface area (TPSA) is 97.0 Å². The van der Waals surface area contributed by atoms with E-state index in [0.29, 0.717) is 22.6 Å². The molecule has 3 aromatic carbocycles. The third-order valence-electron chi connectivity index (χ3n) is 5.95. The summed E-state index contributed by atoms with van der Waals surface area (Å²) >= 11 is 0. The fourth-order valence-electron chi connectivity index (χ4n) is 4.05. The number of methoxy groups -OCH3 is 2. The number of urea groups is 1. The molecule has 1 heterocycles. The van der Waals surface area contributed by atoms with Crippen LogP contribution in [0.4, 0.5) is 23.7 Å². The molecular weight excluding hydrogens is 491 g/mol. The maximum Gasteiger partial charge on any atom is 0.416 e. The minimum Gasteiger partial charge on any atom is -0.497 e. The number of halogens is 3. The molecule has 2 N–H and O–H groups in total. The molecule has 1 aliphatic heterocycles. The highest BCUT2D eigenvalue weighted by Gasteiger charge is 2.54. The van der Waals surface area contributed by atoms with Gasteiger partial charge in [0.2, 0.25) is 5.91 Å². The molecule has 3 aromatic rings. The quantitative estimate of drug-likeness (QED) is 0.463. The second-order valence-corrected chi connectivity index (χ2v) is 8.15. The van der Waals surface area contributed by atoms with E-state index in [1.54, 1.807) is 48.5 Å². The summed E-state index contributed by atoms with van der Waals surface area (Å²) < 4.78 is 48.7. The summed E-state index contributed by atoms with van der Waals surface area (Å²) in [6.07, 6.45) is -4.52. The second kappa shape index (κ2) is 9.84. The van der Waals surface area contributed by atoms with Gasteiger partial charge < -0.3 is 20.1 Å². The second-order valence-electron chi connectivity index (χ2n) is 8.15. The Morgan fingerprint density at radius 2 is 1.35 bits per heavy atom. The van der Waals surface area contributed by atoms with Crippen LogP contribution < -0.4 is 20.1 Å². The van der Waals surface area contributed by atoms with Crippen molar-refractivity contribution in [1.82, 2.24) is 10.2 Å². The molecule has 0 aromatic heterocycles. The first kappa shape index (κ1) is 25.5. The van der Waals surface area contributed by atoms with Crippen LogP contribution in [0, 0.1) is 0 Å². The van der Waals surface area contributed by atoms with Crippen molar-refractivity contribution >= 4 is 23.5 Å². The van der Waals surface area contributed by atoms with Crippen molar-refractivity contribution in [3.8, 4) is 11.5 Å². The lowest BCUT2D eigenvalue weighted by atomic mass is 9.82. The first-order chi connectivity index (χ1) is 17.6. The van der Waals surface area contributed by atoms with Gasteiger partial charge in [0.15, 0.2) is 5.54 Å². The minimum absolute atomic E-state index is 0.0848. The first-order valence-corrected chi connectivity index (χ1v) is 11.0. The zero-order valence-corrected chi connectivity index (χ0v) is 19.8. The number of amides is 4. The maximum absolute atomic E-state index is 13.8. The van der Waals surface area contributed by atoms with Gasteiger partial charge in [-0.15, -0.1) is 0 Å². The van der Waals surface area contributed by atoms with Crippen LogP contribution in [0.2, 0.25) is 0 Å².